The molecule has 0 spiro atoms. The smallest absolute Gasteiger partial charge is 0.266 e. The van der Waals surface area contributed by atoms with Crippen LogP contribution in [0.15, 0.2) is 24.3 Å². The quantitative estimate of drug-likeness (QED) is 0.844. The molecule has 4 nitrogen and oxygen atoms in total. The van der Waals surface area contributed by atoms with Gasteiger partial charge in [0.25, 0.3) is 5.91 Å². The summed E-state index contributed by atoms with van der Waals surface area (Å²) in [6.45, 7) is 8.08. The van der Waals surface area contributed by atoms with Gasteiger partial charge in [0.05, 0.1) is 24.9 Å². The number of nitrogens with zero attached hydrogens (tertiary/aromatic N) is 2. The fourth-order valence-corrected chi connectivity index (χ4v) is 4.02. The highest BCUT2D eigenvalue weighted by Gasteiger charge is 2.29. The lowest BCUT2D eigenvalue weighted by molar-refractivity contribution is -0.00258. The molecular formula is C19H24N2O2S. The first-order chi connectivity index (χ1) is 11.6. The molecule has 0 saturated carbocycles. The van der Waals surface area contributed by atoms with Crippen molar-refractivity contribution in [2.75, 3.05) is 19.8 Å². The Morgan fingerprint density at radius 2 is 2.08 bits per heavy atom. The number of hydrogen-bond donors (Lipinski definition) is 0. The van der Waals surface area contributed by atoms with Gasteiger partial charge in [0.15, 0.2) is 0 Å². The highest BCUT2D eigenvalue weighted by atomic mass is 32.1. The predicted molar refractivity (Wildman–Crippen MR) is 97.6 cm³/mol. The van der Waals surface area contributed by atoms with Crippen LogP contribution in [0, 0.1) is 6.92 Å². The minimum atomic E-state index is 0.0941. The van der Waals surface area contributed by atoms with E-state index in [1.807, 2.05) is 11.8 Å². The van der Waals surface area contributed by atoms with Gasteiger partial charge in [0.2, 0.25) is 0 Å². The van der Waals surface area contributed by atoms with Crippen molar-refractivity contribution < 1.29 is 9.53 Å². The van der Waals surface area contributed by atoms with E-state index < -0.39 is 0 Å². The molecule has 0 radical (unpaired) electrons. The minimum Gasteiger partial charge on any atom is -0.377 e. The summed E-state index contributed by atoms with van der Waals surface area (Å²) < 4.78 is 5.51. The average Bonchev–Trinajstić information content (AvgIpc) is 3.03. The van der Waals surface area contributed by atoms with Crippen LogP contribution in [-0.2, 0) is 11.2 Å². The molecule has 1 aromatic heterocycles. The standard InChI is InChI=1S/C19H24N2O2S/c1-4-14-6-8-15(9-7-14)18-20-13(3)17(24-18)19(22)21-10-11-23-12-16(21)5-2/h6-9,16H,4-5,10-12H2,1-3H3. The highest BCUT2D eigenvalue weighted by Crippen LogP contribution is 2.30. The first-order valence-electron chi connectivity index (χ1n) is 8.59. The van der Waals surface area contributed by atoms with Crippen molar-refractivity contribution in [3.63, 3.8) is 0 Å². The number of benzene rings is 1. The number of carbonyl (C=O) groups is 1. The molecule has 1 aliphatic heterocycles. The zero-order chi connectivity index (χ0) is 17.1. The second-order valence-electron chi connectivity index (χ2n) is 6.12. The van der Waals surface area contributed by atoms with E-state index in [-0.39, 0.29) is 11.9 Å². The minimum absolute atomic E-state index is 0.0941. The monoisotopic (exact) mass is 344 g/mol. The highest BCUT2D eigenvalue weighted by molar-refractivity contribution is 7.17. The van der Waals surface area contributed by atoms with Crippen LogP contribution in [0.4, 0.5) is 0 Å². The second kappa shape index (κ2) is 7.45. The van der Waals surface area contributed by atoms with Gasteiger partial charge in [-0.1, -0.05) is 38.1 Å². The summed E-state index contributed by atoms with van der Waals surface area (Å²) in [5.74, 6) is 0.0941. The van der Waals surface area contributed by atoms with E-state index in [2.05, 4.69) is 43.1 Å². The summed E-state index contributed by atoms with van der Waals surface area (Å²) in [5, 5.41) is 0.916. The maximum atomic E-state index is 13.0. The van der Waals surface area contributed by atoms with Crippen molar-refractivity contribution in [3.05, 3.63) is 40.4 Å². The number of aromatic nitrogens is 1. The topological polar surface area (TPSA) is 42.4 Å². The summed E-state index contributed by atoms with van der Waals surface area (Å²) in [6.07, 6.45) is 1.94. The van der Waals surface area contributed by atoms with Crippen LogP contribution >= 0.6 is 11.3 Å². The third-order valence-corrected chi connectivity index (χ3v) is 5.75. The number of ether oxygens (including phenoxy) is 1. The Hall–Kier alpha value is -1.72. The zero-order valence-corrected chi connectivity index (χ0v) is 15.4. The number of amides is 1. The first kappa shape index (κ1) is 17.1. The molecule has 3 rings (SSSR count). The molecule has 0 bridgehead atoms. The summed E-state index contributed by atoms with van der Waals surface area (Å²) in [6, 6.07) is 8.61. The number of carbonyl (C=O) groups excluding carboxylic acids is 1. The van der Waals surface area contributed by atoms with Crippen LogP contribution in [0.1, 0.15) is 41.2 Å². The molecule has 0 aliphatic carbocycles. The molecule has 128 valence electrons. The maximum absolute atomic E-state index is 13.0. The number of thiazole rings is 1. The average molecular weight is 344 g/mol. The lowest BCUT2D eigenvalue weighted by atomic mass is 10.1. The molecule has 1 saturated heterocycles. The molecule has 1 unspecified atom stereocenters. The Morgan fingerprint density at radius 3 is 2.75 bits per heavy atom. The Kier molecular flexibility index (Phi) is 5.31. The molecule has 24 heavy (non-hydrogen) atoms. The molecular weight excluding hydrogens is 320 g/mol. The lowest BCUT2D eigenvalue weighted by Crippen LogP contribution is -2.48. The largest absolute Gasteiger partial charge is 0.377 e. The third-order valence-electron chi connectivity index (χ3n) is 4.56. The number of rotatable bonds is 4. The molecule has 0 N–H and O–H groups in total. The van der Waals surface area contributed by atoms with Gasteiger partial charge in [0, 0.05) is 12.1 Å². The summed E-state index contributed by atoms with van der Waals surface area (Å²) in [4.78, 5) is 20.3. The van der Waals surface area contributed by atoms with Crippen LogP contribution in [0.5, 0.6) is 0 Å². The van der Waals surface area contributed by atoms with Gasteiger partial charge in [-0.05, 0) is 25.3 Å². The lowest BCUT2D eigenvalue weighted by Gasteiger charge is -2.34. The Bertz CT molecular complexity index is 709. The van der Waals surface area contributed by atoms with E-state index in [4.69, 9.17) is 4.74 Å². The van der Waals surface area contributed by atoms with Crippen molar-refractivity contribution in [1.29, 1.82) is 0 Å². The second-order valence-corrected chi connectivity index (χ2v) is 7.12. The fraction of sp³-hybridized carbons (Fsp3) is 0.474. The van der Waals surface area contributed by atoms with E-state index in [0.29, 0.717) is 19.8 Å². The van der Waals surface area contributed by atoms with Crippen molar-refractivity contribution >= 4 is 17.2 Å². The SMILES string of the molecule is CCc1ccc(-c2nc(C)c(C(=O)N3CCOCC3CC)s2)cc1. The molecule has 1 amide bonds. The van der Waals surface area contributed by atoms with Gasteiger partial charge in [-0.15, -0.1) is 11.3 Å². The van der Waals surface area contributed by atoms with E-state index in [1.54, 1.807) is 0 Å². The van der Waals surface area contributed by atoms with Gasteiger partial charge in [0.1, 0.15) is 9.88 Å². The molecule has 1 aromatic carbocycles. The molecule has 2 heterocycles. The maximum Gasteiger partial charge on any atom is 0.266 e. The molecule has 5 heteroatoms. The van der Waals surface area contributed by atoms with Crippen LogP contribution in [0.25, 0.3) is 10.6 Å². The molecule has 2 aromatic rings. The van der Waals surface area contributed by atoms with Gasteiger partial charge in [-0.25, -0.2) is 4.98 Å². The van der Waals surface area contributed by atoms with Crippen molar-refractivity contribution in [1.82, 2.24) is 9.88 Å². The van der Waals surface area contributed by atoms with E-state index in [9.17, 15) is 4.79 Å². The Morgan fingerprint density at radius 1 is 1.33 bits per heavy atom. The van der Waals surface area contributed by atoms with Gasteiger partial charge >= 0.3 is 0 Å². The van der Waals surface area contributed by atoms with E-state index in [1.165, 1.54) is 16.9 Å². The normalized spacial score (nSPS) is 18.0. The molecule has 1 aliphatic rings. The van der Waals surface area contributed by atoms with E-state index >= 15 is 0 Å². The van der Waals surface area contributed by atoms with Crippen molar-refractivity contribution in [2.24, 2.45) is 0 Å². The number of aryl methyl sites for hydroxylation is 2. The van der Waals surface area contributed by atoms with Crippen LogP contribution in [-0.4, -0.2) is 41.6 Å². The molecule has 1 fully saturated rings. The Balaban J connectivity index is 1.86. The summed E-state index contributed by atoms with van der Waals surface area (Å²) >= 11 is 1.50. The third kappa shape index (κ3) is 3.37. The fourth-order valence-electron chi connectivity index (χ4n) is 2.99. The van der Waals surface area contributed by atoms with Crippen molar-refractivity contribution in [3.8, 4) is 10.6 Å². The van der Waals surface area contributed by atoms with E-state index in [0.717, 1.165) is 34.0 Å². The van der Waals surface area contributed by atoms with Gasteiger partial charge < -0.3 is 9.64 Å². The van der Waals surface area contributed by atoms with Gasteiger partial charge in [-0.3, -0.25) is 4.79 Å². The first-order valence-corrected chi connectivity index (χ1v) is 9.41. The summed E-state index contributed by atoms with van der Waals surface area (Å²) in [7, 11) is 0. The number of morpholine rings is 1. The Labute approximate surface area is 147 Å². The van der Waals surface area contributed by atoms with Crippen molar-refractivity contribution in [2.45, 2.75) is 39.7 Å². The summed E-state index contributed by atoms with van der Waals surface area (Å²) in [5.41, 5.74) is 3.21. The van der Waals surface area contributed by atoms with Gasteiger partial charge in [-0.2, -0.15) is 0 Å². The zero-order valence-electron chi connectivity index (χ0n) is 14.5. The van der Waals surface area contributed by atoms with Crippen LogP contribution in [0.2, 0.25) is 0 Å². The molecule has 1 atom stereocenters. The van der Waals surface area contributed by atoms with Crippen LogP contribution < -0.4 is 0 Å². The predicted octanol–water partition coefficient (Wildman–Crippen LogP) is 3.93. The van der Waals surface area contributed by atoms with Crippen LogP contribution in [0.3, 0.4) is 0 Å². The number of hydrogen-bond acceptors (Lipinski definition) is 4.